The van der Waals surface area contributed by atoms with Gasteiger partial charge in [-0.2, -0.15) is 0 Å². The highest BCUT2D eigenvalue weighted by atomic mass is 16.6. The van der Waals surface area contributed by atoms with Gasteiger partial charge in [0.25, 0.3) is 0 Å². The van der Waals surface area contributed by atoms with Crippen molar-refractivity contribution in [2.24, 2.45) is 5.16 Å². The molecule has 2 atom stereocenters. The Kier molecular flexibility index (Phi) is 2.56. The van der Waals surface area contributed by atoms with E-state index in [9.17, 15) is 4.79 Å². The van der Waals surface area contributed by atoms with Crippen LogP contribution in [0.3, 0.4) is 0 Å². The van der Waals surface area contributed by atoms with E-state index in [1.165, 1.54) is 0 Å². The van der Waals surface area contributed by atoms with E-state index in [0.717, 1.165) is 12.1 Å². The first-order valence-corrected chi connectivity index (χ1v) is 5.62. The zero-order chi connectivity index (χ0) is 11.9. The summed E-state index contributed by atoms with van der Waals surface area (Å²) < 4.78 is 5.33. The van der Waals surface area contributed by atoms with Crippen molar-refractivity contribution in [3.8, 4) is 0 Å². The van der Waals surface area contributed by atoms with Gasteiger partial charge in [0.05, 0.1) is 5.71 Å². The third-order valence-corrected chi connectivity index (χ3v) is 3.02. The molecule has 2 heterocycles. The molecule has 5 heteroatoms. The molecule has 5 nitrogen and oxygen atoms in total. The van der Waals surface area contributed by atoms with Crippen LogP contribution in [0.5, 0.6) is 0 Å². The maximum Gasteiger partial charge on any atom is 0.410 e. The third kappa shape index (κ3) is 1.99. The molecule has 3 aliphatic rings. The summed E-state index contributed by atoms with van der Waals surface area (Å²) in [5.74, 6) is 0. The largest absolute Gasteiger partial charge is 0.444 e. The highest BCUT2D eigenvalue weighted by molar-refractivity contribution is 5.89. The zero-order valence-corrected chi connectivity index (χ0v) is 9.93. The van der Waals surface area contributed by atoms with Gasteiger partial charge in [0, 0.05) is 24.9 Å². The van der Waals surface area contributed by atoms with Crippen LogP contribution in [0.1, 0.15) is 40.0 Å². The van der Waals surface area contributed by atoms with E-state index in [1.807, 2.05) is 20.8 Å². The molecule has 3 rings (SSSR count). The molecule has 1 amide bonds. The predicted octanol–water partition coefficient (Wildman–Crippen LogP) is 1.99. The van der Waals surface area contributed by atoms with Crippen LogP contribution in [0.25, 0.3) is 0 Å². The van der Waals surface area contributed by atoms with Crippen LogP contribution in [-0.4, -0.2) is 39.6 Å². The van der Waals surface area contributed by atoms with E-state index < -0.39 is 5.60 Å². The molecule has 2 aliphatic heterocycles. The number of oxime groups is 1. The third-order valence-electron chi connectivity index (χ3n) is 3.02. The Balaban J connectivity index is 1.97. The number of piperidine rings is 1. The molecule has 1 aliphatic carbocycles. The summed E-state index contributed by atoms with van der Waals surface area (Å²) in [5, 5.41) is 11.9. The molecule has 1 N–H and O–H groups in total. The minimum atomic E-state index is -0.450. The number of rotatable bonds is 0. The summed E-state index contributed by atoms with van der Waals surface area (Å²) in [7, 11) is 0. The number of amides is 1. The topological polar surface area (TPSA) is 62.1 Å². The Morgan fingerprint density at radius 3 is 2.44 bits per heavy atom. The van der Waals surface area contributed by atoms with Crippen LogP contribution in [0, 0.1) is 0 Å². The number of nitrogens with zero attached hydrogens (tertiary/aromatic N) is 2. The fraction of sp³-hybridized carbons (Fsp3) is 0.818. The molecular formula is C11H18N2O3. The Labute approximate surface area is 95.1 Å². The maximum absolute atomic E-state index is 11.9. The summed E-state index contributed by atoms with van der Waals surface area (Å²) in [4.78, 5) is 13.6. The van der Waals surface area contributed by atoms with Gasteiger partial charge in [-0.15, -0.1) is 0 Å². The van der Waals surface area contributed by atoms with Crippen molar-refractivity contribution in [2.45, 2.75) is 57.7 Å². The average Bonchev–Trinajstić information content (AvgIpc) is 2.14. The highest BCUT2D eigenvalue weighted by Gasteiger charge is 2.48. The van der Waals surface area contributed by atoms with Gasteiger partial charge in [-0.3, -0.25) is 0 Å². The van der Waals surface area contributed by atoms with Gasteiger partial charge in [0.1, 0.15) is 5.60 Å². The van der Waals surface area contributed by atoms with E-state index in [-0.39, 0.29) is 18.2 Å². The molecule has 0 aromatic rings. The second-order valence-corrected chi connectivity index (χ2v) is 5.51. The summed E-state index contributed by atoms with van der Waals surface area (Å²) in [6, 6.07) is 0.332. The average molecular weight is 226 g/mol. The molecule has 0 aromatic carbocycles. The number of hydrogen-bond acceptors (Lipinski definition) is 4. The molecule has 2 saturated heterocycles. The normalized spacial score (nSPS) is 31.2. The van der Waals surface area contributed by atoms with E-state index in [4.69, 9.17) is 9.94 Å². The SMILES string of the molecule is CC(C)(C)OC(=O)N1[C@@H]2CC(=NO)C[C@H]1C2. The molecule has 0 unspecified atom stereocenters. The van der Waals surface area contributed by atoms with Crippen molar-refractivity contribution in [3.05, 3.63) is 0 Å². The lowest BCUT2D eigenvalue weighted by Crippen LogP contribution is -2.63. The van der Waals surface area contributed by atoms with Gasteiger partial charge in [0.2, 0.25) is 0 Å². The van der Waals surface area contributed by atoms with Gasteiger partial charge >= 0.3 is 6.09 Å². The van der Waals surface area contributed by atoms with Crippen molar-refractivity contribution in [2.75, 3.05) is 0 Å². The quantitative estimate of drug-likeness (QED) is 0.507. The summed E-state index contributed by atoms with van der Waals surface area (Å²) in [6.45, 7) is 5.59. The van der Waals surface area contributed by atoms with E-state index in [0.29, 0.717) is 12.8 Å². The first kappa shape index (κ1) is 11.2. The monoisotopic (exact) mass is 226 g/mol. The first-order chi connectivity index (χ1) is 7.40. The fourth-order valence-electron chi connectivity index (χ4n) is 2.39. The van der Waals surface area contributed by atoms with Crippen LogP contribution in [-0.2, 0) is 4.74 Å². The molecule has 90 valence electrons. The van der Waals surface area contributed by atoms with Gasteiger partial charge in [0.15, 0.2) is 0 Å². The van der Waals surface area contributed by atoms with Crippen molar-refractivity contribution in [3.63, 3.8) is 0 Å². The molecular weight excluding hydrogens is 208 g/mol. The summed E-state index contributed by atoms with van der Waals surface area (Å²) in [6.07, 6.45) is 2.10. The number of fused-ring (bicyclic) bond motifs is 2. The van der Waals surface area contributed by atoms with Gasteiger partial charge in [-0.25, -0.2) is 4.79 Å². The Bertz CT molecular complexity index is 319. The smallest absolute Gasteiger partial charge is 0.410 e. The summed E-state index contributed by atoms with van der Waals surface area (Å²) in [5.41, 5.74) is 0.343. The Morgan fingerprint density at radius 1 is 1.44 bits per heavy atom. The number of ether oxygens (including phenoxy) is 1. The standard InChI is InChI=1S/C11H18N2O3/c1-11(2,3)16-10(14)13-8-4-7(12-15)5-9(13)6-8/h8-9,15H,4-6H2,1-3H3/t8-,9+. The molecule has 3 fully saturated rings. The van der Waals surface area contributed by atoms with Crippen molar-refractivity contribution in [1.29, 1.82) is 0 Å². The van der Waals surface area contributed by atoms with E-state index in [1.54, 1.807) is 4.90 Å². The first-order valence-electron chi connectivity index (χ1n) is 5.62. The summed E-state index contributed by atoms with van der Waals surface area (Å²) >= 11 is 0. The van der Waals surface area contributed by atoms with Crippen molar-refractivity contribution in [1.82, 2.24) is 4.90 Å². The van der Waals surface area contributed by atoms with Crippen LogP contribution in [0.15, 0.2) is 5.16 Å². The molecule has 16 heavy (non-hydrogen) atoms. The van der Waals surface area contributed by atoms with E-state index >= 15 is 0 Å². The number of hydrogen-bond donors (Lipinski definition) is 1. The van der Waals surface area contributed by atoms with Crippen LogP contribution >= 0.6 is 0 Å². The molecule has 0 spiro atoms. The van der Waals surface area contributed by atoms with Gasteiger partial charge in [-0.05, 0) is 27.2 Å². The lowest BCUT2D eigenvalue weighted by atomic mass is 9.79. The zero-order valence-electron chi connectivity index (χ0n) is 9.93. The highest BCUT2D eigenvalue weighted by Crippen LogP contribution is 2.37. The van der Waals surface area contributed by atoms with Crippen molar-refractivity contribution >= 4 is 11.8 Å². The van der Waals surface area contributed by atoms with E-state index in [2.05, 4.69) is 5.16 Å². The second-order valence-electron chi connectivity index (χ2n) is 5.51. The van der Waals surface area contributed by atoms with Gasteiger partial charge < -0.3 is 14.8 Å². The maximum atomic E-state index is 11.9. The Morgan fingerprint density at radius 2 is 2.00 bits per heavy atom. The predicted molar refractivity (Wildman–Crippen MR) is 58.7 cm³/mol. The lowest BCUT2D eigenvalue weighted by Gasteiger charge is -2.52. The molecule has 1 saturated carbocycles. The lowest BCUT2D eigenvalue weighted by molar-refractivity contribution is -0.0342. The van der Waals surface area contributed by atoms with Crippen LogP contribution in [0.2, 0.25) is 0 Å². The van der Waals surface area contributed by atoms with Crippen LogP contribution in [0.4, 0.5) is 4.79 Å². The fourth-order valence-corrected chi connectivity index (χ4v) is 2.39. The molecule has 0 aromatic heterocycles. The Hall–Kier alpha value is -1.26. The number of carbonyl (C=O) groups is 1. The minimum Gasteiger partial charge on any atom is -0.444 e. The second kappa shape index (κ2) is 3.64. The minimum absolute atomic E-state index is 0.166. The number of carbonyl (C=O) groups excluding carboxylic acids is 1. The van der Waals surface area contributed by atoms with Gasteiger partial charge in [-0.1, -0.05) is 5.16 Å². The van der Waals surface area contributed by atoms with Crippen molar-refractivity contribution < 1.29 is 14.7 Å². The van der Waals surface area contributed by atoms with Crippen LogP contribution < -0.4 is 0 Å². The molecule has 0 radical (unpaired) electrons. The molecule has 2 bridgehead atoms.